The molecule has 0 atom stereocenters. The topological polar surface area (TPSA) is 28.2 Å². The highest BCUT2D eigenvalue weighted by atomic mass is 32.1. The maximum atomic E-state index is 13.5. The second-order valence-corrected chi connectivity index (χ2v) is 6.58. The van der Waals surface area contributed by atoms with Crippen LogP contribution in [0.25, 0.3) is 0 Å². The Hall–Kier alpha value is -1.46. The Morgan fingerprint density at radius 1 is 1.38 bits per heavy atom. The van der Waals surface area contributed by atoms with E-state index in [1.807, 2.05) is 20.0 Å². The van der Waals surface area contributed by atoms with Crippen LogP contribution < -0.4 is 10.2 Å². The Kier molecular flexibility index (Phi) is 5.31. The molecule has 0 amide bonds. The number of halogens is 1. The first-order valence-electron chi connectivity index (χ1n) is 7.09. The lowest BCUT2D eigenvalue weighted by atomic mass is 10.1. The SMILES string of the molecule is Cc1nc(CN(C)c2ccc(F)cc2CNC(C)C)cs1. The Bertz CT molecular complexity index is 595. The number of hydrogen-bond donors (Lipinski definition) is 1. The van der Waals surface area contributed by atoms with Crippen LogP contribution in [0.15, 0.2) is 23.6 Å². The normalized spacial score (nSPS) is 11.1. The molecule has 0 aliphatic rings. The molecule has 0 saturated carbocycles. The Labute approximate surface area is 129 Å². The minimum atomic E-state index is -0.197. The second-order valence-electron chi connectivity index (χ2n) is 5.52. The number of hydrogen-bond acceptors (Lipinski definition) is 4. The van der Waals surface area contributed by atoms with Crippen LogP contribution in [0.2, 0.25) is 0 Å². The molecule has 1 aromatic heterocycles. The minimum absolute atomic E-state index is 0.197. The summed E-state index contributed by atoms with van der Waals surface area (Å²) in [5.41, 5.74) is 3.06. The van der Waals surface area contributed by atoms with Gasteiger partial charge >= 0.3 is 0 Å². The molecular formula is C16H22FN3S. The number of aromatic nitrogens is 1. The van der Waals surface area contributed by atoms with Crippen LogP contribution in [0.1, 0.15) is 30.1 Å². The fourth-order valence-electron chi connectivity index (χ4n) is 2.19. The van der Waals surface area contributed by atoms with Gasteiger partial charge in [0.2, 0.25) is 0 Å². The first kappa shape index (κ1) is 15.9. The third-order valence-corrected chi connectivity index (χ3v) is 4.04. The summed E-state index contributed by atoms with van der Waals surface area (Å²) in [4.78, 5) is 6.60. The molecule has 0 aliphatic carbocycles. The highest BCUT2D eigenvalue weighted by Crippen LogP contribution is 2.23. The molecule has 3 nitrogen and oxygen atoms in total. The molecule has 0 aliphatic heterocycles. The molecule has 0 unspecified atom stereocenters. The number of nitrogens with one attached hydrogen (secondary N) is 1. The molecule has 0 radical (unpaired) electrons. The predicted molar refractivity (Wildman–Crippen MR) is 87.3 cm³/mol. The van der Waals surface area contributed by atoms with E-state index in [0.717, 1.165) is 28.5 Å². The molecule has 2 aromatic rings. The quantitative estimate of drug-likeness (QED) is 0.881. The largest absolute Gasteiger partial charge is 0.368 e. The highest BCUT2D eigenvalue weighted by Gasteiger charge is 2.11. The van der Waals surface area contributed by atoms with Crippen LogP contribution in [-0.4, -0.2) is 18.1 Å². The van der Waals surface area contributed by atoms with Gasteiger partial charge in [-0.15, -0.1) is 11.3 Å². The van der Waals surface area contributed by atoms with Crippen molar-refractivity contribution in [1.82, 2.24) is 10.3 Å². The zero-order chi connectivity index (χ0) is 15.4. The number of aryl methyl sites for hydroxylation is 1. The van der Waals surface area contributed by atoms with Gasteiger partial charge in [0.25, 0.3) is 0 Å². The van der Waals surface area contributed by atoms with Gasteiger partial charge in [-0.2, -0.15) is 0 Å². The summed E-state index contributed by atoms with van der Waals surface area (Å²) in [5.74, 6) is -0.197. The summed E-state index contributed by atoms with van der Waals surface area (Å²) in [6, 6.07) is 5.32. The van der Waals surface area contributed by atoms with E-state index in [1.165, 1.54) is 6.07 Å². The molecule has 21 heavy (non-hydrogen) atoms. The maximum absolute atomic E-state index is 13.5. The van der Waals surface area contributed by atoms with E-state index in [2.05, 4.69) is 34.4 Å². The van der Waals surface area contributed by atoms with Crippen molar-refractivity contribution in [3.8, 4) is 0 Å². The van der Waals surface area contributed by atoms with Gasteiger partial charge in [0.05, 0.1) is 17.2 Å². The fourth-order valence-corrected chi connectivity index (χ4v) is 2.79. The number of nitrogens with zero attached hydrogens (tertiary/aromatic N) is 2. The van der Waals surface area contributed by atoms with Crippen LogP contribution in [0.3, 0.4) is 0 Å². The highest BCUT2D eigenvalue weighted by molar-refractivity contribution is 7.09. The van der Waals surface area contributed by atoms with Gasteiger partial charge in [-0.25, -0.2) is 9.37 Å². The molecule has 0 bridgehead atoms. The Balaban J connectivity index is 2.16. The van der Waals surface area contributed by atoms with Crippen molar-refractivity contribution < 1.29 is 4.39 Å². The molecular weight excluding hydrogens is 285 g/mol. The summed E-state index contributed by atoms with van der Waals surface area (Å²) >= 11 is 1.65. The monoisotopic (exact) mass is 307 g/mol. The molecule has 1 N–H and O–H groups in total. The number of thiazole rings is 1. The zero-order valence-electron chi connectivity index (χ0n) is 13.0. The van der Waals surface area contributed by atoms with Crippen LogP contribution in [0.5, 0.6) is 0 Å². The second kappa shape index (κ2) is 7.00. The van der Waals surface area contributed by atoms with Crippen molar-refractivity contribution in [1.29, 1.82) is 0 Å². The smallest absolute Gasteiger partial charge is 0.123 e. The van der Waals surface area contributed by atoms with Crippen molar-refractivity contribution >= 4 is 17.0 Å². The Morgan fingerprint density at radius 2 is 2.14 bits per heavy atom. The van der Waals surface area contributed by atoms with Crippen LogP contribution in [0, 0.1) is 12.7 Å². The van der Waals surface area contributed by atoms with Gasteiger partial charge in [-0.05, 0) is 30.7 Å². The van der Waals surface area contributed by atoms with Gasteiger partial charge in [0.15, 0.2) is 0 Å². The lowest BCUT2D eigenvalue weighted by molar-refractivity contribution is 0.580. The lowest BCUT2D eigenvalue weighted by Gasteiger charge is -2.22. The lowest BCUT2D eigenvalue weighted by Crippen LogP contribution is -2.25. The maximum Gasteiger partial charge on any atom is 0.123 e. The first-order valence-corrected chi connectivity index (χ1v) is 7.97. The van der Waals surface area contributed by atoms with Crippen molar-refractivity contribution in [2.45, 2.75) is 39.9 Å². The average Bonchev–Trinajstić information content (AvgIpc) is 2.81. The van der Waals surface area contributed by atoms with Crippen LogP contribution in [0.4, 0.5) is 10.1 Å². The number of benzene rings is 1. The molecule has 1 aromatic carbocycles. The summed E-state index contributed by atoms with van der Waals surface area (Å²) in [5, 5.41) is 6.48. The van der Waals surface area contributed by atoms with Gasteiger partial charge in [-0.3, -0.25) is 0 Å². The van der Waals surface area contributed by atoms with Crippen LogP contribution in [-0.2, 0) is 13.1 Å². The summed E-state index contributed by atoms with van der Waals surface area (Å²) < 4.78 is 13.5. The molecule has 0 spiro atoms. The molecule has 0 saturated heterocycles. The standard InChI is InChI=1S/C16H22FN3S/c1-11(2)18-8-13-7-14(17)5-6-16(13)20(4)9-15-10-21-12(3)19-15/h5-7,10-11,18H,8-9H2,1-4H3. The van der Waals surface area contributed by atoms with E-state index in [1.54, 1.807) is 17.4 Å². The van der Waals surface area contributed by atoms with Crippen molar-refractivity contribution in [3.63, 3.8) is 0 Å². The minimum Gasteiger partial charge on any atom is -0.368 e. The predicted octanol–water partition coefficient (Wildman–Crippen LogP) is 3.73. The fraction of sp³-hybridized carbons (Fsp3) is 0.438. The first-order chi connectivity index (χ1) is 9.95. The van der Waals surface area contributed by atoms with E-state index in [9.17, 15) is 4.39 Å². The van der Waals surface area contributed by atoms with E-state index in [0.29, 0.717) is 12.6 Å². The van der Waals surface area contributed by atoms with E-state index in [-0.39, 0.29) is 5.82 Å². The van der Waals surface area contributed by atoms with E-state index in [4.69, 9.17) is 0 Å². The van der Waals surface area contributed by atoms with Crippen molar-refractivity contribution in [3.05, 3.63) is 45.7 Å². The molecule has 0 fully saturated rings. The van der Waals surface area contributed by atoms with E-state index >= 15 is 0 Å². The van der Waals surface area contributed by atoms with Crippen LogP contribution >= 0.6 is 11.3 Å². The molecule has 1 heterocycles. The third-order valence-electron chi connectivity index (χ3n) is 3.22. The molecule has 2 rings (SSSR count). The number of rotatable bonds is 6. The van der Waals surface area contributed by atoms with Gasteiger partial charge in [0.1, 0.15) is 5.82 Å². The van der Waals surface area contributed by atoms with Gasteiger partial charge in [0, 0.05) is 30.7 Å². The molecule has 5 heteroatoms. The van der Waals surface area contributed by atoms with E-state index < -0.39 is 0 Å². The van der Waals surface area contributed by atoms with Gasteiger partial charge < -0.3 is 10.2 Å². The summed E-state index contributed by atoms with van der Waals surface area (Å²) in [7, 11) is 2.01. The van der Waals surface area contributed by atoms with Gasteiger partial charge in [-0.1, -0.05) is 13.8 Å². The summed E-state index contributed by atoms with van der Waals surface area (Å²) in [6.45, 7) is 7.56. The number of anilines is 1. The Morgan fingerprint density at radius 3 is 2.76 bits per heavy atom. The molecule has 114 valence electrons. The van der Waals surface area contributed by atoms with Crippen molar-refractivity contribution in [2.24, 2.45) is 0 Å². The third kappa shape index (κ3) is 4.51. The summed E-state index contributed by atoms with van der Waals surface area (Å²) in [6.07, 6.45) is 0. The van der Waals surface area contributed by atoms with Crippen molar-refractivity contribution in [2.75, 3.05) is 11.9 Å². The average molecular weight is 307 g/mol. The zero-order valence-corrected chi connectivity index (χ0v) is 13.8.